The molecule has 0 aliphatic carbocycles. The van der Waals surface area contributed by atoms with Gasteiger partial charge in [-0.15, -0.1) is 6.58 Å². The van der Waals surface area contributed by atoms with Gasteiger partial charge in [0, 0.05) is 17.2 Å². The zero-order valence-corrected chi connectivity index (χ0v) is 20.4. The summed E-state index contributed by atoms with van der Waals surface area (Å²) in [5.74, 6) is 2.26. The summed E-state index contributed by atoms with van der Waals surface area (Å²) in [5.41, 5.74) is 2.54. The predicted octanol–water partition coefficient (Wildman–Crippen LogP) is 7.46. The van der Waals surface area contributed by atoms with Crippen molar-refractivity contribution in [2.75, 3.05) is 19.8 Å². The first kappa shape index (κ1) is 26.2. The molecular formula is C29H38O4. The largest absolute Gasteiger partial charge is 0.494 e. The highest BCUT2D eigenvalue weighted by Crippen LogP contribution is 2.31. The van der Waals surface area contributed by atoms with Crippen LogP contribution >= 0.6 is 0 Å². The molecule has 2 aromatic carbocycles. The van der Waals surface area contributed by atoms with E-state index in [1.165, 1.54) is 0 Å². The second-order valence-electron chi connectivity index (χ2n) is 7.96. The highest BCUT2D eigenvalue weighted by Gasteiger charge is 2.12. The van der Waals surface area contributed by atoms with Gasteiger partial charge < -0.3 is 14.2 Å². The minimum absolute atomic E-state index is 0.0626. The van der Waals surface area contributed by atoms with Gasteiger partial charge in [0.25, 0.3) is 0 Å². The smallest absolute Gasteiger partial charge is 0.185 e. The van der Waals surface area contributed by atoms with Crippen molar-refractivity contribution in [2.24, 2.45) is 0 Å². The van der Waals surface area contributed by atoms with Gasteiger partial charge in [-0.25, -0.2) is 0 Å². The van der Waals surface area contributed by atoms with Crippen LogP contribution in [-0.4, -0.2) is 25.6 Å². The van der Waals surface area contributed by atoms with Gasteiger partial charge in [-0.2, -0.15) is 0 Å². The van der Waals surface area contributed by atoms with Crippen molar-refractivity contribution in [3.05, 3.63) is 71.8 Å². The first-order valence-corrected chi connectivity index (χ1v) is 12.1. The number of ketones is 1. The molecule has 0 spiro atoms. The van der Waals surface area contributed by atoms with Crippen molar-refractivity contribution in [1.29, 1.82) is 0 Å². The van der Waals surface area contributed by atoms with E-state index < -0.39 is 0 Å². The maximum absolute atomic E-state index is 12.8. The van der Waals surface area contributed by atoms with E-state index in [1.807, 2.05) is 36.4 Å². The number of carbonyl (C=O) groups is 1. The molecule has 0 aromatic heterocycles. The van der Waals surface area contributed by atoms with Crippen molar-refractivity contribution in [3.63, 3.8) is 0 Å². The molecule has 0 aliphatic rings. The van der Waals surface area contributed by atoms with Gasteiger partial charge in [-0.3, -0.25) is 4.79 Å². The van der Waals surface area contributed by atoms with E-state index in [2.05, 4.69) is 27.4 Å². The van der Waals surface area contributed by atoms with Gasteiger partial charge in [-0.1, -0.05) is 45.8 Å². The van der Waals surface area contributed by atoms with E-state index in [-0.39, 0.29) is 5.78 Å². The molecule has 0 N–H and O–H groups in total. The highest BCUT2D eigenvalue weighted by molar-refractivity contribution is 6.07. The molecule has 0 saturated carbocycles. The molecule has 0 atom stereocenters. The van der Waals surface area contributed by atoms with Gasteiger partial charge in [0.1, 0.15) is 17.2 Å². The number of hydrogen-bond donors (Lipinski definition) is 0. The van der Waals surface area contributed by atoms with Crippen LogP contribution in [0.4, 0.5) is 0 Å². The minimum Gasteiger partial charge on any atom is -0.494 e. The molecule has 0 saturated heterocycles. The Bertz CT molecular complexity index is 897. The van der Waals surface area contributed by atoms with Gasteiger partial charge in [0.2, 0.25) is 0 Å². The van der Waals surface area contributed by atoms with Crippen molar-refractivity contribution in [2.45, 2.75) is 59.3 Å². The molecule has 0 bridgehead atoms. The fraction of sp³-hybridized carbons (Fsp3) is 0.414. The Kier molecular flexibility index (Phi) is 11.9. The maximum Gasteiger partial charge on any atom is 0.185 e. The van der Waals surface area contributed by atoms with Crippen molar-refractivity contribution in [3.8, 4) is 17.2 Å². The lowest BCUT2D eigenvalue weighted by Crippen LogP contribution is -2.04. The molecule has 4 nitrogen and oxygen atoms in total. The van der Waals surface area contributed by atoms with E-state index in [9.17, 15) is 4.79 Å². The Hall–Kier alpha value is -3.01. The monoisotopic (exact) mass is 450 g/mol. The fourth-order valence-electron chi connectivity index (χ4n) is 3.22. The molecule has 0 unspecified atom stereocenters. The lowest BCUT2D eigenvalue weighted by Gasteiger charge is -2.16. The Morgan fingerprint density at radius 2 is 1.52 bits per heavy atom. The molecule has 2 rings (SSSR count). The van der Waals surface area contributed by atoms with Crippen LogP contribution in [0.1, 0.15) is 74.4 Å². The molecule has 0 heterocycles. The maximum atomic E-state index is 12.8. The minimum atomic E-state index is -0.0626. The number of ether oxygens (including phenoxy) is 3. The third kappa shape index (κ3) is 8.80. The second kappa shape index (κ2) is 14.9. The van der Waals surface area contributed by atoms with Crippen LogP contribution in [0, 0.1) is 0 Å². The van der Waals surface area contributed by atoms with Gasteiger partial charge >= 0.3 is 0 Å². The van der Waals surface area contributed by atoms with Crippen molar-refractivity contribution >= 4 is 11.9 Å². The molecule has 33 heavy (non-hydrogen) atoms. The summed E-state index contributed by atoms with van der Waals surface area (Å²) in [4.78, 5) is 12.8. The first-order chi connectivity index (χ1) is 16.1. The number of hydrogen-bond acceptors (Lipinski definition) is 4. The van der Waals surface area contributed by atoms with E-state index in [4.69, 9.17) is 14.2 Å². The van der Waals surface area contributed by atoms with Crippen LogP contribution in [0.15, 0.2) is 55.1 Å². The van der Waals surface area contributed by atoms with Crippen LogP contribution in [0.3, 0.4) is 0 Å². The Morgan fingerprint density at radius 3 is 2.15 bits per heavy atom. The molecule has 178 valence electrons. The van der Waals surface area contributed by atoms with E-state index in [0.717, 1.165) is 60.5 Å². The fourth-order valence-corrected chi connectivity index (χ4v) is 3.22. The summed E-state index contributed by atoms with van der Waals surface area (Å²) >= 11 is 0. The summed E-state index contributed by atoms with van der Waals surface area (Å²) in [5, 5.41) is 0. The molecule has 0 radical (unpaired) electrons. The zero-order chi connectivity index (χ0) is 23.9. The normalized spacial score (nSPS) is 10.9. The molecule has 0 aliphatic heterocycles. The zero-order valence-electron chi connectivity index (χ0n) is 20.4. The highest BCUT2D eigenvalue weighted by atomic mass is 16.5. The summed E-state index contributed by atoms with van der Waals surface area (Å²) in [7, 11) is 0. The number of allylic oxidation sites excluding steroid dienone is 2. The SMILES string of the molecule is C=CCc1c(C=CC(=O)c2ccc(OCCC)cc2)cc(OCCCC)cc1OCCCC. The average Bonchev–Trinajstić information content (AvgIpc) is 2.83. The summed E-state index contributed by atoms with van der Waals surface area (Å²) in [6, 6.07) is 11.2. The van der Waals surface area contributed by atoms with E-state index in [0.29, 0.717) is 31.8 Å². The van der Waals surface area contributed by atoms with Crippen LogP contribution in [0.25, 0.3) is 6.08 Å². The molecule has 0 fully saturated rings. The van der Waals surface area contributed by atoms with Gasteiger partial charge in [-0.05, 0) is 67.7 Å². The Labute approximate surface area is 199 Å². The predicted molar refractivity (Wildman–Crippen MR) is 137 cm³/mol. The number of unbranched alkanes of at least 4 members (excludes halogenated alkanes) is 2. The third-order valence-electron chi connectivity index (χ3n) is 5.11. The quantitative estimate of drug-likeness (QED) is 0.115. The second-order valence-corrected chi connectivity index (χ2v) is 7.96. The topological polar surface area (TPSA) is 44.8 Å². The van der Waals surface area contributed by atoms with E-state index >= 15 is 0 Å². The summed E-state index contributed by atoms with van der Waals surface area (Å²) in [6.45, 7) is 12.2. The Balaban J connectivity index is 2.29. The first-order valence-electron chi connectivity index (χ1n) is 12.1. The van der Waals surface area contributed by atoms with Gasteiger partial charge in [0.15, 0.2) is 5.78 Å². The molecule has 0 amide bonds. The van der Waals surface area contributed by atoms with Crippen molar-refractivity contribution < 1.29 is 19.0 Å². The van der Waals surface area contributed by atoms with Crippen LogP contribution in [0.5, 0.6) is 17.2 Å². The Morgan fingerprint density at radius 1 is 0.848 bits per heavy atom. The number of rotatable bonds is 16. The van der Waals surface area contributed by atoms with Crippen molar-refractivity contribution in [1.82, 2.24) is 0 Å². The van der Waals surface area contributed by atoms with Crippen LogP contribution in [0.2, 0.25) is 0 Å². The standard InChI is InChI=1S/C29H38O4/c1-5-9-19-32-26-21-24(27(11-7-3)29(22-26)33-20-10-6-2)14-17-28(30)23-12-15-25(16-13-23)31-18-8-4/h7,12-17,21-22H,3,5-6,8-11,18-20H2,1-2,4H3. The molecular weight excluding hydrogens is 412 g/mol. The average molecular weight is 451 g/mol. The lowest BCUT2D eigenvalue weighted by molar-refractivity contribution is 0.104. The van der Waals surface area contributed by atoms with Gasteiger partial charge in [0.05, 0.1) is 19.8 Å². The van der Waals surface area contributed by atoms with E-state index in [1.54, 1.807) is 18.2 Å². The molecule has 4 heteroatoms. The number of carbonyl (C=O) groups excluding carboxylic acids is 1. The van der Waals surface area contributed by atoms with Crippen LogP contribution in [-0.2, 0) is 6.42 Å². The third-order valence-corrected chi connectivity index (χ3v) is 5.11. The summed E-state index contributed by atoms with van der Waals surface area (Å²) in [6.07, 6.45) is 11.0. The number of benzene rings is 2. The molecule has 2 aromatic rings. The van der Waals surface area contributed by atoms with Crippen LogP contribution < -0.4 is 14.2 Å². The lowest BCUT2D eigenvalue weighted by atomic mass is 10.0. The summed E-state index contributed by atoms with van der Waals surface area (Å²) < 4.78 is 17.7.